The van der Waals surface area contributed by atoms with Crippen LogP contribution in [-0.2, 0) is 38.4 Å². The predicted octanol–water partition coefficient (Wildman–Crippen LogP) is -8.99. The quantitative estimate of drug-likeness (QED) is 0.113. The van der Waals surface area contributed by atoms with E-state index in [-0.39, 0.29) is 18.6 Å². The number of amides is 7. The maximum atomic E-state index is 14.2. The highest BCUT2D eigenvalue weighted by molar-refractivity contribution is 5.98. The number of nitrogens with one attached hydrogen (secondary N) is 4. The second-order valence-electron chi connectivity index (χ2n) is 15.6. The number of carbonyl (C=O) groups is 8. The van der Waals surface area contributed by atoms with Gasteiger partial charge in [-0.15, -0.1) is 0 Å². The van der Waals surface area contributed by atoms with E-state index in [1.807, 2.05) is 5.32 Å². The number of carbonyl (C=O) groups excluding carboxylic acids is 8. The van der Waals surface area contributed by atoms with E-state index in [0.29, 0.717) is 4.90 Å². The summed E-state index contributed by atoms with van der Waals surface area (Å²) in [4.78, 5) is 108. The molecule has 0 aromatic heterocycles. The Morgan fingerprint density at radius 1 is 0.797 bits per heavy atom. The zero-order chi connectivity index (χ0) is 44.2. The number of aliphatic hydroxyl groups excluding tert-OH is 8. The van der Waals surface area contributed by atoms with E-state index in [2.05, 4.69) is 16.0 Å². The van der Waals surface area contributed by atoms with Crippen molar-refractivity contribution in [2.75, 3.05) is 13.1 Å². The lowest BCUT2D eigenvalue weighted by Crippen LogP contribution is -2.65. The molecule has 0 aromatic rings. The number of hydrogen-bond acceptors (Lipinski definition) is 17. The van der Waals surface area contributed by atoms with Gasteiger partial charge in [0.2, 0.25) is 41.4 Å². The summed E-state index contributed by atoms with van der Waals surface area (Å²) in [6, 6.07) is -11.6. The first kappa shape index (κ1) is 47.0. The van der Waals surface area contributed by atoms with Crippen LogP contribution in [-0.4, -0.2) is 196 Å². The lowest BCUT2D eigenvalue weighted by molar-refractivity contribution is -0.149. The van der Waals surface area contributed by atoms with Crippen molar-refractivity contribution in [3.63, 3.8) is 0 Å². The van der Waals surface area contributed by atoms with Crippen molar-refractivity contribution >= 4 is 47.1 Å². The lowest BCUT2D eigenvalue weighted by Gasteiger charge is -2.36. The second-order valence-corrected chi connectivity index (χ2v) is 15.6. The second kappa shape index (κ2) is 19.6. The molecule has 3 saturated heterocycles. The summed E-state index contributed by atoms with van der Waals surface area (Å²) in [6.45, 7) is 1.70. The van der Waals surface area contributed by atoms with Gasteiger partial charge < -0.3 is 83.4 Å². The number of rotatable bonds is 7. The van der Waals surface area contributed by atoms with Crippen molar-refractivity contribution < 1.29 is 79.2 Å². The van der Waals surface area contributed by atoms with E-state index in [0.717, 1.165) is 17.9 Å². The number of primary amides is 1. The molecule has 24 heteroatoms. The molecule has 0 aromatic carbocycles. The van der Waals surface area contributed by atoms with Gasteiger partial charge in [0, 0.05) is 38.3 Å². The molecule has 59 heavy (non-hydrogen) atoms. The van der Waals surface area contributed by atoms with Gasteiger partial charge in [-0.25, -0.2) is 0 Å². The number of aliphatic hydroxyl groups is 8. The van der Waals surface area contributed by atoms with Crippen molar-refractivity contribution in [2.45, 2.75) is 131 Å². The molecule has 4 rings (SSSR count). The molecule has 16 atom stereocenters. The molecule has 1 aliphatic carbocycles. The number of fused-ring (bicyclic) bond motifs is 2. The van der Waals surface area contributed by atoms with E-state index in [4.69, 9.17) is 11.5 Å². The maximum absolute atomic E-state index is 14.2. The first-order valence-corrected chi connectivity index (χ1v) is 19.1. The van der Waals surface area contributed by atoms with E-state index >= 15 is 0 Å². The third-order valence-corrected chi connectivity index (χ3v) is 11.0. The first-order valence-electron chi connectivity index (χ1n) is 19.1. The molecular weight excluding hydrogens is 788 g/mol. The van der Waals surface area contributed by atoms with Gasteiger partial charge in [0.25, 0.3) is 0 Å². The molecule has 16 unspecified atom stereocenters. The number of nitrogens with zero attached hydrogens (tertiary/aromatic N) is 2. The molecule has 3 fully saturated rings. The van der Waals surface area contributed by atoms with Crippen LogP contribution in [0, 0.1) is 11.8 Å². The average molecular weight is 843 g/mol. The fourth-order valence-electron chi connectivity index (χ4n) is 7.73. The Kier molecular flexibility index (Phi) is 15.6. The molecule has 3 aliphatic heterocycles. The molecule has 330 valence electrons. The summed E-state index contributed by atoms with van der Waals surface area (Å²) in [5.41, 5.74) is 11.2. The van der Waals surface area contributed by atoms with Crippen molar-refractivity contribution in [1.29, 1.82) is 0 Å². The summed E-state index contributed by atoms with van der Waals surface area (Å²) in [5.74, 6) is -10.7. The van der Waals surface area contributed by atoms with Crippen LogP contribution in [0.15, 0.2) is 12.2 Å². The summed E-state index contributed by atoms with van der Waals surface area (Å²) in [7, 11) is 0. The number of allylic oxidation sites excluding steroid dienone is 1. The predicted molar refractivity (Wildman–Crippen MR) is 196 cm³/mol. The normalized spacial score (nSPS) is 36.6. The van der Waals surface area contributed by atoms with Gasteiger partial charge in [0.1, 0.15) is 42.4 Å². The van der Waals surface area contributed by atoms with Crippen molar-refractivity contribution in [3.05, 3.63) is 12.2 Å². The Morgan fingerprint density at radius 3 is 2.02 bits per heavy atom. The van der Waals surface area contributed by atoms with Crippen LogP contribution in [0.2, 0.25) is 0 Å². The van der Waals surface area contributed by atoms with Gasteiger partial charge >= 0.3 is 0 Å². The zero-order valence-electron chi connectivity index (χ0n) is 32.2. The van der Waals surface area contributed by atoms with Crippen LogP contribution >= 0.6 is 0 Å². The maximum Gasteiger partial charge on any atom is 0.248 e. The highest BCUT2D eigenvalue weighted by Crippen LogP contribution is 2.29. The van der Waals surface area contributed by atoms with E-state index in [1.54, 1.807) is 6.92 Å². The Labute approximate surface area is 336 Å². The molecule has 7 amide bonds. The van der Waals surface area contributed by atoms with Crippen LogP contribution in [0.1, 0.15) is 46.0 Å². The van der Waals surface area contributed by atoms with Gasteiger partial charge in [-0.05, 0) is 25.3 Å². The van der Waals surface area contributed by atoms with Gasteiger partial charge in [0.15, 0.2) is 12.0 Å². The minimum absolute atomic E-state index is 0.0700. The standard InChI is InChI=1S/C35H54N8O16/c1-12-7-14(45)3-4-16(12)27(51)28(52)25-32(56)39-24(20(48)10-22(37)50)35(59)42-6-5-19(47)26(42)33(57)41-31(55)21(49)9-17(36)29(53)38-23(13(2)44)34(58)43-11-15(46)8-18(43)30(54)40-25/h3-4,12-13,15-21,23-28,31,44,46-49,51-52,55H,5-11,36H2,1-2H3,(H2,37,50)(H,38,53)(H,39,56)(H,40,54)(H,41,57). The van der Waals surface area contributed by atoms with Gasteiger partial charge in [0.05, 0.1) is 43.0 Å². The Morgan fingerprint density at radius 2 is 1.41 bits per heavy atom. The molecule has 0 bridgehead atoms. The van der Waals surface area contributed by atoms with Crippen molar-refractivity contribution in [2.24, 2.45) is 23.3 Å². The molecule has 0 saturated carbocycles. The fourth-order valence-corrected chi connectivity index (χ4v) is 7.73. The number of ketones is 1. The third kappa shape index (κ3) is 10.9. The average Bonchev–Trinajstić information content (AvgIpc) is 3.75. The van der Waals surface area contributed by atoms with Crippen LogP contribution in [0.3, 0.4) is 0 Å². The Bertz CT molecular complexity index is 1670. The molecule has 4 aliphatic rings. The SMILES string of the molecule is CC(O)C1NC(=O)C(N)CC(O)C(O)NC(=O)C2C(O)CCN2C(=O)C(C(O)CC(N)=O)NC(=O)C(C(O)C(O)C2C=CC(=O)CC2C)NC(=O)C2CC(O)CN2C1=O. The summed E-state index contributed by atoms with van der Waals surface area (Å²) in [5, 5.41) is 95.7. The first-order chi connectivity index (χ1) is 27.5. The van der Waals surface area contributed by atoms with E-state index < -0.39 is 171 Å². The van der Waals surface area contributed by atoms with Gasteiger partial charge in [-0.1, -0.05) is 13.0 Å². The van der Waals surface area contributed by atoms with Crippen LogP contribution in [0.25, 0.3) is 0 Å². The molecule has 3 heterocycles. The topological polar surface area (TPSA) is 405 Å². The highest BCUT2D eigenvalue weighted by atomic mass is 16.3. The zero-order valence-corrected chi connectivity index (χ0v) is 32.2. The largest absolute Gasteiger partial charge is 0.391 e. The van der Waals surface area contributed by atoms with E-state index in [1.165, 1.54) is 6.08 Å². The molecular formula is C35H54N8O16. The molecule has 24 nitrogen and oxygen atoms in total. The van der Waals surface area contributed by atoms with Crippen LogP contribution < -0.4 is 32.7 Å². The van der Waals surface area contributed by atoms with Crippen molar-refractivity contribution in [1.82, 2.24) is 31.1 Å². The minimum Gasteiger partial charge on any atom is -0.391 e. The van der Waals surface area contributed by atoms with Crippen molar-refractivity contribution in [3.8, 4) is 0 Å². The summed E-state index contributed by atoms with van der Waals surface area (Å²) >= 11 is 0. The van der Waals surface area contributed by atoms with Gasteiger partial charge in [-0.3, -0.25) is 38.4 Å². The Hall–Kier alpha value is -4.66. The number of hydrogen-bond donors (Lipinski definition) is 14. The summed E-state index contributed by atoms with van der Waals surface area (Å²) in [6.07, 6.45) is -15.4. The van der Waals surface area contributed by atoms with E-state index in [9.17, 15) is 79.2 Å². The van der Waals surface area contributed by atoms with Crippen LogP contribution in [0.4, 0.5) is 0 Å². The lowest BCUT2D eigenvalue weighted by atomic mass is 9.78. The molecule has 0 radical (unpaired) electrons. The third-order valence-electron chi connectivity index (χ3n) is 11.0. The van der Waals surface area contributed by atoms with Gasteiger partial charge in [-0.2, -0.15) is 0 Å². The number of nitrogens with two attached hydrogens (primary N) is 2. The molecule has 0 spiro atoms. The molecule has 16 N–H and O–H groups in total. The summed E-state index contributed by atoms with van der Waals surface area (Å²) < 4.78 is 0. The smallest absolute Gasteiger partial charge is 0.248 e. The fraction of sp³-hybridized carbons (Fsp3) is 0.714. The Balaban J connectivity index is 1.83. The minimum atomic E-state index is -2.28. The monoisotopic (exact) mass is 842 g/mol. The highest BCUT2D eigenvalue weighted by Gasteiger charge is 2.49. The van der Waals surface area contributed by atoms with Crippen LogP contribution in [0.5, 0.6) is 0 Å².